The van der Waals surface area contributed by atoms with E-state index in [9.17, 15) is 5.11 Å². The number of hydrogen-bond donors (Lipinski definition) is 2. The van der Waals surface area contributed by atoms with Crippen molar-refractivity contribution in [1.82, 2.24) is 15.3 Å². The molecule has 2 heterocycles. The zero-order valence-corrected chi connectivity index (χ0v) is 18.5. The summed E-state index contributed by atoms with van der Waals surface area (Å²) >= 11 is 0. The van der Waals surface area contributed by atoms with Crippen molar-refractivity contribution in [3.63, 3.8) is 0 Å². The van der Waals surface area contributed by atoms with Crippen LogP contribution in [0.4, 0.5) is 0 Å². The smallest absolute Gasteiger partial charge is 0.163 e. The molecule has 4 heteroatoms. The van der Waals surface area contributed by atoms with E-state index in [4.69, 9.17) is 0 Å². The summed E-state index contributed by atoms with van der Waals surface area (Å²) in [6.45, 7) is 14.2. The van der Waals surface area contributed by atoms with Gasteiger partial charge in [0.2, 0.25) is 0 Å². The van der Waals surface area contributed by atoms with E-state index in [1.807, 2.05) is 19.3 Å². The Morgan fingerprint density at radius 3 is 2.24 bits per heavy atom. The fourth-order valence-corrected chi connectivity index (χ4v) is 2.87. The number of rotatable bonds is 5. The molecule has 0 aliphatic rings. The van der Waals surface area contributed by atoms with Gasteiger partial charge in [-0.1, -0.05) is 58.5 Å². The first-order chi connectivity index (χ1) is 13.8. The number of hydrogen-bond acceptors (Lipinski definition) is 4. The summed E-state index contributed by atoms with van der Waals surface area (Å²) in [5.74, 6) is 0.678. The molecular weight excluding hydrogens is 358 g/mol. The highest BCUT2D eigenvalue weighted by Crippen LogP contribution is 2.29. The van der Waals surface area contributed by atoms with Gasteiger partial charge in [-0.3, -0.25) is 4.98 Å². The number of nitrogens with zero attached hydrogens (tertiary/aromatic N) is 2. The molecule has 0 unspecified atom stereocenters. The lowest BCUT2D eigenvalue weighted by Gasteiger charge is -2.10. The van der Waals surface area contributed by atoms with Crippen molar-refractivity contribution in [2.75, 3.05) is 7.05 Å². The third-order valence-corrected chi connectivity index (χ3v) is 4.90. The van der Waals surface area contributed by atoms with Crippen LogP contribution in [0.2, 0.25) is 0 Å². The number of aromatic hydroxyl groups is 1. The van der Waals surface area contributed by atoms with Crippen molar-refractivity contribution in [2.45, 2.75) is 53.0 Å². The van der Waals surface area contributed by atoms with Gasteiger partial charge in [-0.05, 0) is 55.1 Å². The highest BCUT2D eigenvalue weighted by atomic mass is 16.3. The summed E-state index contributed by atoms with van der Waals surface area (Å²) in [4.78, 5) is 8.84. The van der Waals surface area contributed by atoms with E-state index < -0.39 is 0 Å². The lowest BCUT2D eigenvalue weighted by Crippen LogP contribution is -2.15. The molecule has 0 amide bonds. The van der Waals surface area contributed by atoms with Gasteiger partial charge in [-0.2, -0.15) is 0 Å². The van der Waals surface area contributed by atoms with Gasteiger partial charge in [0.25, 0.3) is 0 Å². The monoisotopic (exact) mass is 391 g/mol. The Morgan fingerprint density at radius 2 is 1.72 bits per heavy atom. The molecule has 0 atom stereocenters. The van der Waals surface area contributed by atoms with Crippen LogP contribution in [0.25, 0.3) is 17.0 Å². The van der Waals surface area contributed by atoms with E-state index in [1.165, 1.54) is 11.1 Å². The molecule has 0 saturated carbocycles. The van der Waals surface area contributed by atoms with Crippen LogP contribution in [0.15, 0.2) is 43.1 Å². The van der Waals surface area contributed by atoms with E-state index in [0.717, 1.165) is 23.1 Å². The summed E-state index contributed by atoms with van der Waals surface area (Å²) in [6.07, 6.45) is 4.33. The second-order valence-corrected chi connectivity index (χ2v) is 7.89. The van der Waals surface area contributed by atoms with Crippen LogP contribution in [0.3, 0.4) is 0 Å². The summed E-state index contributed by atoms with van der Waals surface area (Å²) in [6, 6.07) is 11.4. The Bertz CT molecular complexity index is 960. The highest BCUT2D eigenvalue weighted by molar-refractivity contribution is 5.91. The largest absolute Gasteiger partial charge is 0.504 e. The molecule has 2 N–H and O–H groups in total. The molecule has 0 fully saturated rings. The van der Waals surface area contributed by atoms with Gasteiger partial charge in [0, 0.05) is 17.6 Å². The maximum Gasteiger partial charge on any atom is 0.163 e. The zero-order chi connectivity index (χ0) is 21.6. The minimum atomic E-state index is 0.142. The maximum atomic E-state index is 10.2. The van der Waals surface area contributed by atoms with Gasteiger partial charge >= 0.3 is 0 Å². The molecule has 0 aliphatic carbocycles. The third-order valence-electron chi connectivity index (χ3n) is 4.90. The van der Waals surface area contributed by atoms with Crippen molar-refractivity contribution in [3.05, 3.63) is 71.2 Å². The van der Waals surface area contributed by atoms with Crippen LogP contribution >= 0.6 is 0 Å². The van der Waals surface area contributed by atoms with Crippen LogP contribution in [-0.4, -0.2) is 28.2 Å². The van der Waals surface area contributed by atoms with E-state index in [0.29, 0.717) is 23.2 Å². The van der Waals surface area contributed by atoms with Crippen molar-refractivity contribution in [3.8, 4) is 5.75 Å². The van der Waals surface area contributed by atoms with Crippen LogP contribution in [0.1, 0.15) is 61.7 Å². The van der Waals surface area contributed by atoms with Crippen molar-refractivity contribution in [1.29, 1.82) is 0 Å². The average molecular weight is 392 g/mol. The lowest BCUT2D eigenvalue weighted by molar-refractivity contribution is 0.473. The summed E-state index contributed by atoms with van der Waals surface area (Å²) < 4.78 is 0. The minimum Gasteiger partial charge on any atom is -0.504 e. The molecule has 0 spiro atoms. The van der Waals surface area contributed by atoms with Crippen molar-refractivity contribution < 1.29 is 5.11 Å². The molecule has 29 heavy (non-hydrogen) atoms. The molecule has 0 saturated heterocycles. The predicted octanol–water partition coefficient (Wildman–Crippen LogP) is 5.62. The average Bonchev–Trinajstić information content (AvgIpc) is 2.71. The number of aryl methyl sites for hydroxylation is 1. The Balaban J connectivity index is 0.000000537. The Kier molecular flexibility index (Phi) is 7.91. The van der Waals surface area contributed by atoms with Gasteiger partial charge in [-0.15, -0.1) is 0 Å². The van der Waals surface area contributed by atoms with Gasteiger partial charge in [0.1, 0.15) is 5.52 Å². The lowest BCUT2D eigenvalue weighted by atomic mass is 9.99. The van der Waals surface area contributed by atoms with Gasteiger partial charge < -0.3 is 10.4 Å². The predicted molar refractivity (Wildman–Crippen MR) is 124 cm³/mol. The summed E-state index contributed by atoms with van der Waals surface area (Å²) in [5.41, 5.74) is 5.58. The van der Waals surface area contributed by atoms with E-state index >= 15 is 0 Å². The first-order valence-corrected chi connectivity index (χ1v) is 10.1. The fourth-order valence-electron chi connectivity index (χ4n) is 2.87. The summed E-state index contributed by atoms with van der Waals surface area (Å²) in [5, 5.41) is 14.0. The third kappa shape index (κ3) is 5.88. The molecular formula is C25H33N3O. The number of benzene rings is 1. The van der Waals surface area contributed by atoms with E-state index in [-0.39, 0.29) is 5.75 Å². The zero-order valence-electron chi connectivity index (χ0n) is 18.5. The SMILES string of the molecule is C=Cc1nc(C)c(O)c2ncc(Cc3ccc(C(C)C)cc3)cc12.CNC(C)C. The van der Waals surface area contributed by atoms with E-state index in [1.54, 1.807) is 13.0 Å². The molecule has 0 radical (unpaired) electrons. The normalized spacial score (nSPS) is 10.9. The molecule has 0 aliphatic heterocycles. The quantitative estimate of drug-likeness (QED) is 0.593. The molecule has 3 rings (SSSR count). The summed E-state index contributed by atoms with van der Waals surface area (Å²) in [7, 11) is 1.95. The number of aromatic nitrogens is 2. The molecule has 154 valence electrons. The molecule has 2 aromatic heterocycles. The van der Waals surface area contributed by atoms with Gasteiger partial charge in [-0.25, -0.2) is 4.98 Å². The highest BCUT2D eigenvalue weighted by Gasteiger charge is 2.11. The van der Waals surface area contributed by atoms with E-state index in [2.05, 4.69) is 73.8 Å². The van der Waals surface area contributed by atoms with Crippen LogP contribution in [0.5, 0.6) is 5.75 Å². The minimum absolute atomic E-state index is 0.142. The number of pyridine rings is 2. The Morgan fingerprint density at radius 1 is 1.10 bits per heavy atom. The van der Waals surface area contributed by atoms with Crippen molar-refractivity contribution in [2.24, 2.45) is 0 Å². The first kappa shape index (κ1) is 22.6. The topological polar surface area (TPSA) is 58.0 Å². The second kappa shape index (κ2) is 10.2. The molecule has 3 aromatic rings. The Hall–Kier alpha value is -2.72. The number of nitrogens with one attached hydrogen (secondary N) is 1. The van der Waals surface area contributed by atoms with Gasteiger partial charge in [0.05, 0.1) is 11.4 Å². The fraction of sp³-hybridized carbons (Fsp3) is 0.360. The van der Waals surface area contributed by atoms with Crippen molar-refractivity contribution >= 4 is 17.0 Å². The molecule has 0 bridgehead atoms. The number of fused-ring (bicyclic) bond motifs is 1. The standard InChI is InChI=1S/C21H22N2O.C4H11N/c1-5-19-18-11-16(12-22-20(18)21(24)14(4)23-19)10-15-6-8-17(9-7-15)13(2)3;1-4(2)5-3/h5-9,11-13,24H,1,10H2,2-4H3;4-5H,1-3H3. The first-order valence-electron chi connectivity index (χ1n) is 10.1. The maximum absolute atomic E-state index is 10.2. The molecule has 4 nitrogen and oxygen atoms in total. The van der Waals surface area contributed by atoms with Crippen LogP contribution < -0.4 is 5.32 Å². The second-order valence-electron chi connectivity index (χ2n) is 7.89. The van der Waals surface area contributed by atoms with Gasteiger partial charge in [0.15, 0.2) is 5.75 Å². The van der Waals surface area contributed by atoms with Crippen LogP contribution in [-0.2, 0) is 6.42 Å². The Labute approximate surface area is 174 Å². The van der Waals surface area contributed by atoms with Crippen LogP contribution in [0, 0.1) is 6.92 Å². The molecule has 1 aromatic carbocycles.